The van der Waals surface area contributed by atoms with Gasteiger partial charge in [0.1, 0.15) is 5.75 Å². The molecule has 2 aromatic rings. The molecule has 0 saturated heterocycles. The Morgan fingerprint density at radius 1 is 1.09 bits per heavy atom. The smallest absolute Gasteiger partial charge is 0.119 e. The van der Waals surface area contributed by atoms with Gasteiger partial charge in [0.25, 0.3) is 0 Å². The van der Waals surface area contributed by atoms with Crippen LogP contribution >= 0.6 is 0 Å². The molecule has 0 spiro atoms. The molecule has 3 rings (SSSR count). The maximum absolute atomic E-state index is 5.50. The average molecular weight is 297 g/mol. The third-order valence-corrected chi connectivity index (χ3v) is 3.88. The van der Waals surface area contributed by atoms with Crippen LogP contribution in [0.1, 0.15) is 36.7 Å². The lowest BCUT2D eigenvalue weighted by Gasteiger charge is -2.21. The van der Waals surface area contributed by atoms with Crippen LogP contribution in [0.2, 0.25) is 0 Å². The van der Waals surface area contributed by atoms with Crippen LogP contribution in [0, 0.1) is 6.92 Å². The van der Waals surface area contributed by atoms with Crippen molar-refractivity contribution < 1.29 is 4.74 Å². The van der Waals surface area contributed by atoms with E-state index in [1.807, 2.05) is 26.2 Å². The van der Waals surface area contributed by atoms with Crippen molar-refractivity contribution in [1.82, 2.24) is 14.9 Å². The monoisotopic (exact) mass is 297 g/mol. The van der Waals surface area contributed by atoms with Crippen LogP contribution in [-0.2, 0) is 13.1 Å². The molecule has 0 amide bonds. The first-order valence-corrected chi connectivity index (χ1v) is 7.98. The molecule has 0 N–H and O–H groups in total. The molecule has 0 radical (unpaired) electrons. The van der Waals surface area contributed by atoms with E-state index < -0.39 is 0 Å². The highest BCUT2D eigenvalue weighted by Gasteiger charge is 2.29. The molecule has 116 valence electrons. The van der Waals surface area contributed by atoms with Crippen LogP contribution in [0.25, 0.3) is 0 Å². The van der Waals surface area contributed by atoms with Crippen molar-refractivity contribution in [2.75, 3.05) is 6.61 Å². The summed E-state index contributed by atoms with van der Waals surface area (Å²) in [6.07, 6.45) is 6.31. The lowest BCUT2D eigenvalue weighted by Crippen LogP contribution is -2.25. The Hall–Kier alpha value is -1.94. The van der Waals surface area contributed by atoms with Gasteiger partial charge in [-0.15, -0.1) is 0 Å². The molecule has 0 unspecified atom stereocenters. The Kier molecular flexibility index (Phi) is 4.68. The second-order valence-corrected chi connectivity index (χ2v) is 5.86. The number of hydrogen-bond acceptors (Lipinski definition) is 4. The number of aryl methyl sites for hydroxylation is 1. The average Bonchev–Trinajstić information content (AvgIpc) is 3.36. The standard InChI is InChI=1S/C18H23N3O/c1-3-22-18-8-4-15(5-9-18)12-21(17-6-7-17)13-16-11-19-14(2)10-20-16/h4-5,8-11,17H,3,6-7,12-13H2,1-2H3. The van der Waals surface area contributed by atoms with Crippen LogP contribution in [0.3, 0.4) is 0 Å². The van der Waals surface area contributed by atoms with E-state index in [9.17, 15) is 0 Å². The lowest BCUT2D eigenvalue weighted by atomic mass is 10.2. The van der Waals surface area contributed by atoms with Gasteiger partial charge in [-0.25, -0.2) is 0 Å². The summed E-state index contributed by atoms with van der Waals surface area (Å²) in [7, 11) is 0. The van der Waals surface area contributed by atoms with Gasteiger partial charge in [-0.3, -0.25) is 14.9 Å². The number of benzene rings is 1. The van der Waals surface area contributed by atoms with Gasteiger partial charge in [-0.1, -0.05) is 12.1 Å². The number of rotatable bonds is 7. The SMILES string of the molecule is CCOc1ccc(CN(Cc2cnc(C)cn2)C2CC2)cc1. The predicted molar refractivity (Wildman–Crippen MR) is 86.6 cm³/mol. The van der Waals surface area contributed by atoms with Gasteiger partial charge < -0.3 is 4.74 Å². The molecule has 1 aliphatic carbocycles. The van der Waals surface area contributed by atoms with Crippen molar-refractivity contribution in [2.45, 2.75) is 45.8 Å². The van der Waals surface area contributed by atoms with Gasteiger partial charge in [0.2, 0.25) is 0 Å². The fourth-order valence-corrected chi connectivity index (χ4v) is 2.56. The first-order valence-electron chi connectivity index (χ1n) is 7.98. The van der Waals surface area contributed by atoms with E-state index in [-0.39, 0.29) is 0 Å². The van der Waals surface area contributed by atoms with Crippen LogP contribution < -0.4 is 4.74 Å². The summed E-state index contributed by atoms with van der Waals surface area (Å²) >= 11 is 0. The van der Waals surface area contributed by atoms with Crippen molar-refractivity contribution >= 4 is 0 Å². The van der Waals surface area contributed by atoms with Crippen LogP contribution in [-0.4, -0.2) is 27.5 Å². The van der Waals surface area contributed by atoms with Crippen LogP contribution in [0.5, 0.6) is 5.75 Å². The van der Waals surface area contributed by atoms with Gasteiger partial charge in [0.15, 0.2) is 0 Å². The Balaban J connectivity index is 1.65. The summed E-state index contributed by atoms with van der Waals surface area (Å²) in [5, 5.41) is 0. The van der Waals surface area contributed by atoms with E-state index in [1.165, 1.54) is 18.4 Å². The highest BCUT2D eigenvalue weighted by atomic mass is 16.5. The maximum Gasteiger partial charge on any atom is 0.119 e. The third kappa shape index (κ3) is 4.04. The van der Waals surface area contributed by atoms with Crippen molar-refractivity contribution in [3.63, 3.8) is 0 Å². The minimum atomic E-state index is 0.690. The Morgan fingerprint density at radius 2 is 1.86 bits per heavy atom. The normalized spacial score (nSPS) is 14.3. The highest BCUT2D eigenvalue weighted by Crippen LogP contribution is 2.29. The maximum atomic E-state index is 5.50. The molecule has 4 heteroatoms. The van der Waals surface area contributed by atoms with E-state index in [4.69, 9.17) is 4.74 Å². The molecular weight excluding hydrogens is 274 g/mol. The molecule has 1 saturated carbocycles. The number of hydrogen-bond donors (Lipinski definition) is 0. The van der Waals surface area contributed by atoms with Crippen molar-refractivity contribution in [3.05, 3.63) is 53.6 Å². The minimum absolute atomic E-state index is 0.690. The Labute approximate surface area is 132 Å². The lowest BCUT2D eigenvalue weighted by molar-refractivity contribution is 0.242. The molecule has 1 heterocycles. The summed E-state index contributed by atoms with van der Waals surface area (Å²) in [4.78, 5) is 11.3. The van der Waals surface area contributed by atoms with Crippen LogP contribution in [0.4, 0.5) is 0 Å². The van der Waals surface area contributed by atoms with Gasteiger partial charge in [0, 0.05) is 31.5 Å². The predicted octanol–water partition coefficient (Wildman–Crippen LogP) is 3.35. The Bertz CT molecular complexity index is 591. The van der Waals surface area contributed by atoms with Crippen molar-refractivity contribution in [2.24, 2.45) is 0 Å². The zero-order chi connectivity index (χ0) is 15.4. The zero-order valence-electron chi connectivity index (χ0n) is 13.3. The third-order valence-electron chi connectivity index (χ3n) is 3.88. The second-order valence-electron chi connectivity index (χ2n) is 5.86. The first kappa shape index (κ1) is 15.0. The molecule has 1 aromatic carbocycles. The quantitative estimate of drug-likeness (QED) is 0.785. The fraction of sp³-hybridized carbons (Fsp3) is 0.444. The molecule has 0 atom stereocenters. The van der Waals surface area contributed by atoms with E-state index in [0.717, 1.165) is 30.2 Å². The van der Waals surface area contributed by atoms with Crippen LogP contribution in [0.15, 0.2) is 36.7 Å². The number of ether oxygens (including phenoxy) is 1. The summed E-state index contributed by atoms with van der Waals surface area (Å²) in [6, 6.07) is 9.10. The molecular formula is C18H23N3O. The minimum Gasteiger partial charge on any atom is -0.494 e. The fourth-order valence-electron chi connectivity index (χ4n) is 2.56. The second kappa shape index (κ2) is 6.88. The molecule has 1 aliphatic rings. The summed E-state index contributed by atoms with van der Waals surface area (Å²) in [5.74, 6) is 0.939. The van der Waals surface area contributed by atoms with Gasteiger partial charge in [-0.2, -0.15) is 0 Å². The van der Waals surface area contributed by atoms with Gasteiger partial charge in [0.05, 0.1) is 18.0 Å². The van der Waals surface area contributed by atoms with E-state index in [1.54, 1.807) is 0 Å². The molecule has 22 heavy (non-hydrogen) atoms. The van der Waals surface area contributed by atoms with Gasteiger partial charge in [-0.05, 0) is 44.4 Å². The van der Waals surface area contributed by atoms with E-state index >= 15 is 0 Å². The summed E-state index contributed by atoms with van der Waals surface area (Å²) < 4.78 is 5.50. The topological polar surface area (TPSA) is 38.2 Å². The number of nitrogens with zero attached hydrogens (tertiary/aromatic N) is 3. The van der Waals surface area contributed by atoms with E-state index in [0.29, 0.717) is 12.6 Å². The zero-order valence-corrected chi connectivity index (χ0v) is 13.3. The first-order chi connectivity index (χ1) is 10.7. The molecule has 1 fully saturated rings. The molecule has 0 aliphatic heterocycles. The summed E-state index contributed by atoms with van der Waals surface area (Å²) in [6.45, 7) is 6.50. The Morgan fingerprint density at radius 3 is 2.45 bits per heavy atom. The largest absolute Gasteiger partial charge is 0.494 e. The number of aromatic nitrogens is 2. The highest BCUT2D eigenvalue weighted by molar-refractivity contribution is 5.27. The van der Waals surface area contributed by atoms with Gasteiger partial charge >= 0.3 is 0 Å². The molecule has 4 nitrogen and oxygen atoms in total. The van der Waals surface area contributed by atoms with Crippen molar-refractivity contribution in [3.8, 4) is 5.75 Å². The molecule has 0 bridgehead atoms. The van der Waals surface area contributed by atoms with E-state index in [2.05, 4.69) is 39.1 Å². The summed E-state index contributed by atoms with van der Waals surface area (Å²) in [5.41, 5.74) is 3.33. The van der Waals surface area contributed by atoms with Crippen molar-refractivity contribution in [1.29, 1.82) is 0 Å². The molecule has 1 aromatic heterocycles.